The Kier molecular flexibility index (Phi) is 7.22. The van der Waals surface area contributed by atoms with Gasteiger partial charge in [0.25, 0.3) is 0 Å². The lowest BCUT2D eigenvalue weighted by Gasteiger charge is -2.33. The van der Waals surface area contributed by atoms with Gasteiger partial charge < -0.3 is 15.1 Å². The van der Waals surface area contributed by atoms with Gasteiger partial charge in [-0.3, -0.25) is 19.3 Å². The van der Waals surface area contributed by atoms with Crippen LogP contribution in [0.3, 0.4) is 0 Å². The summed E-state index contributed by atoms with van der Waals surface area (Å²) >= 11 is 0. The third-order valence-corrected chi connectivity index (χ3v) is 6.76. The maximum absolute atomic E-state index is 12.8. The van der Waals surface area contributed by atoms with E-state index in [-0.39, 0.29) is 17.7 Å². The normalized spacial score (nSPS) is 21.2. The molecule has 0 bridgehead atoms. The molecule has 0 spiro atoms. The summed E-state index contributed by atoms with van der Waals surface area (Å²) < 4.78 is 0. The molecule has 1 aromatic carbocycles. The Balaban J connectivity index is 1.21. The first-order valence-electron chi connectivity index (χ1n) is 11.8. The molecule has 1 aromatic rings. The molecule has 4 rings (SSSR count). The fourth-order valence-corrected chi connectivity index (χ4v) is 4.94. The van der Waals surface area contributed by atoms with Crippen molar-refractivity contribution in [2.24, 2.45) is 5.92 Å². The molecule has 3 aliphatic rings. The fraction of sp³-hybridized carbons (Fsp3) is 0.625. The van der Waals surface area contributed by atoms with Crippen LogP contribution in [0.25, 0.3) is 0 Å². The Morgan fingerprint density at radius 2 is 1.55 bits per heavy atom. The first-order valence-corrected chi connectivity index (χ1v) is 11.8. The quantitative estimate of drug-likeness (QED) is 0.786. The predicted molar refractivity (Wildman–Crippen MR) is 121 cm³/mol. The molecule has 0 unspecified atom stereocenters. The van der Waals surface area contributed by atoms with Gasteiger partial charge in [-0.2, -0.15) is 0 Å². The van der Waals surface area contributed by atoms with Crippen molar-refractivity contribution < 1.29 is 14.4 Å². The monoisotopic (exact) mass is 426 g/mol. The number of amides is 3. The van der Waals surface area contributed by atoms with Gasteiger partial charge in [-0.1, -0.05) is 12.8 Å². The first-order chi connectivity index (χ1) is 15.1. The summed E-state index contributed by atoms with van der Waals surface area (Å²) in [5.74, 6) is 0.553. The van der Waals surface area contributed by atoms with Crippen LogP contribution in [0.1, 0.15) is 51.4 Å². The van der Waals surface area contributed by atoms with E-state index in [0.717, 1.165) is 76.2 Å². The number of rotatable bonds is 5. The molecular weight excluding hydrogens is 392 g/mol. The van der Waals surface area contributed by atoms with Gasteiger partial charge in [0, 0.05) is 43.3 Å². The predicted octanol–water partition coefficient (Wildman–Crippen LogP) is 2.87. The Morgan fingerprint density at radius 3 is 2.16 bits per heavy atom. The average Bonchev–Trinajstić information content (AvgIpc) is 3.03. The van der Waals surface area contributed by atoms with Gasteiger partial charge in [-0.15, -0.1) is 0 Å². The van der Waals surface area contributed by atoms with Gasteiger partial charge in [0.2, 0.25) is 17.7 Å². The lowest BCUT2D eigenvalue weighted by Crippen LogP contribution is -2.44. The maximum Gasteiger partial charge on any atom is 0.238 e. The highest BCUT2D eigenvalue weighted by Gasteiger charge is 2.29. The van der Waals surface area contributed by atoms with Gasteiger partial charge in [0.1, 0.15) is 0 Å². The van der Waals surface area contributed by atoms with Crippen LogP contribution >= 0.6 is 0 Å². The van der Waals surface area contributed by atoms with Gasteiger partial charge in [-0.05, 0) is 69.5 Å². The number of piperidine rings is 1. The molecule has 3 saturated heterocycles. The molecule has 168 valence electrons. The fourth-order valence-electron chi connectivity index (χ4n) is 4.94. The molecule has 0 aromatic heterocycles. The minimum absolute atomic E-state index is 0.0395. The summed E-state index contributed by atoms with van der Waals surface area (Å²) in [6.07, 6.45) is 7.89. The Morgan fingerprint density at radius 1 is 0.871 bits per heavy atom. The zero-order chi connectivity index (χ0) is 21.6. The van der Waals surface area contributed by atoms with E-state index < -0.39 is 0 Å². The van der Waals surface area contributed by atoms with E-state index in [4.69, 9.17) is 0 Å². The minimum Gasteiger partial charge on any atom is -0.342 e. The summed E-state index contributed by atoms with van der Waals surface area (Å²) in [7, 11) is 0. The molecule has 7 heteroatoms. The van der Waals surface area contributed by atoms with Gasteiger partial charge in [-0.25, -0.2) is 0 Å². The second-order valence-corrected chi connectivity index (χ2v) is 9.03. The third kappa shape index (κ3) is 5.64. The van der Waals surface area contributed by atoms with Crippen LogP contribution in [-0.2, 0) is 14.4 Å². The molecule has 0 saturated carbocycles. The lowest BCUT2D eigenvalue weighted by molar-refractivity contribution is -0.137. The van der Waals surface area contributed by atoms with E-state index in [9.17, 15) is 14.4 Å². The highest BCUT2D eigenvalue weighted by molar-refractivity contribution is 5.96. The van der Waals surface area contributed by atoms with Crippen LogP contribution in [0.2, 0.25) is 0 Å². The van der Waals surface area contributed by atoms with Gasteiger partial charge >= 0.3 is 0 Å². The topological polar surface area (TPSA) is 73.0 Å². The molecule has 3 heterocycles. The number of anilines is 2. The van der Waals surface area contributed by atoms with Crippen molar-refractivity contribution in [1.82, 2.24) is 9.80 Å². The zero-order valence-electron chi connectivity index (χ0n) is 18.4. The van der Waals surface area contributed by atoms with Crippen LogP contribution in [-0.4, -0.2) is 66.8 Å². The SMILES string of the molecule is O=C(CN1CCC(C(=O)N2CCCCCC2)CC1)Nc1ccc(N2CCCC2=O)cc1. The molecule has 3 amide bonds. The summed E-state index contributed by atoms with van der Waals surface area (Å²) in [5, 5.41) is 2.95. The number of hydrogen-bond acceptors (Lipinski definition) is 4. The molecule has 0 atom stereocenters. The molecule has 0 aliphatic carbocycles. The second kappa shape index (κ2) is 10.3. The Labute approximate surface area is 184 Å². The number of carbonyl (C=O) groups is 3. The number of hydrogen-bond donors (Lipinski definition) is 1. The molecule has 0 radical (unpaired) electrons. The summed E-state index contributed by atoms with van der Waals surface area (Å²) in [6.45, 7) is 4.50. The molecular formula is C24H34N4O3. The molecule has 7 nitrogen and oxygen atoms in total. The van der Waals surface area contributed by atoms with Crippen LogP contribution < -0.4 is 10.2 Å². The minimum atomic E-state index is -0.0395. The second-order valence-electron chi connectivity index (χ2n) is 9.03. The third-order valence-electron chi connectivity index (χ3n) is 6.76. The largest absolute Gasteiger partial charge is 0.342 e. The van der Waals surface area contributed by atoms with Crippen molar-refractivity contribution >= 4 is 29.1 Å². The molecule has 31 heavy (non-hydrogen) atoms. The average molecular weight is 427 g/mol. The highest BCUT2D eigenvalue weighted by Crippen LogP contribution is 2.24. The summed E-state index contributed by atoms with van der Waals surface area (Å²) in [4.78, 5) is 43.2. The van der Waals surface area contributed by atoms with Crippen LogP contribution in [0.15, 0.2) is 24.3 Å². The molecule has 3 aliphatic heterocycles. The number of carbonyl (C=O) groups excluding carboxylic acids is 3. The lowest BCUT2D eigenvalue weighted by atomic mass is 9.95. The van der Waals surface area contributed by atoms with Crippen molar-refractivity contribution in [3.05, 3.63) is 24.3 Å². The van der Waals surface area contributed by atoms with E-state index in [0.29, 0.717) is 18.9 Å². The van der Waals surface area contributed by atoms with E-state index in [1.165, 1.54) is 12.8 Å². The van der Waals surface area contributed by atoms with Gasteiger partial charge in [0.05, 0.1) is 6.54 Å². The first kappa shape index (κ1) is 21.8. The Bertz CT molecular complexity index is 779. The van der Waals surface area contributed by atoms with E-state index >= 15 is 0 Å². The number of likely N-dealkylation sites (tertiary alicyclic amines) is 2. The van der Waals surface area contributed by atoms with Crippen LogP contribution in [0, 0.1) is 5.92 Å². The Hall–Kier alpha value is -2.41. The molecule has 3 fully saturated rings. The van der Waals surface area contributed by atoms with Crippen LogP contribution in [0.4, 0.5) is 11.4 Å². The van der Waals surface area contributed by atoms with Crippen molar-refractivity contribution in [1.29, 1.82) is 0 Å². The summed E-state index contributed by atoms with van der Waals surface area (Å²) in [6, 6.07) is 7.48. The van der Waals surface area contributed by atoms with Crippen molar-refractivity contribution in [2.45, 2.75) is 51.4 Å². The van der Waals surface area contributed by atoms with Gasteiger partial charge in [0.15, 0.2) is 0 Å². The number of nitrogens with one attached hydrogen (secondary N) is 1. The smallest absolute Gasteiger partial charge is 0.238 e. The number of nitrogens with zero attached hydrogens (tertiary/aromatic N) is 3. The maximum atomic E-state index is 12.8. The van der Waals surface area contributed by atoms with Crippen LogP contribution in [0.5, 0.6) is 0 Å². The van der Waals surface area contributed by atoms with E-state index in [1.807, 2.05) is 24.3 Å². The van der Waals surface area contributed by atoms with E-state index in [2.05, 4.69) is 15.1 Å². The summed E-state index contributed by atoms with van der Waals surface area (Å²) in [5.41, 5.74) is 1.63. The van der Waals surface area contributed by atoms with Crippen molar-refractivity contribution in [3.63, 3.8) is 0 Å². The standard InChI is InChI=1S/C24H34N4O3/c29-22(25-20-7-9-21(10-8-20)28-15-5-6-23(28)30)18-26-16-11-19(12-17-26)24(31)27-13-3-1-2-4-14-27/h7-10,19H,1-6,11-18H2,(H,25,29). The van der Waals surface area contributed by atoms with E-state index in [1.54, 1.807) is 4.90 Å². The zero-order valence-corrected chi connectivity index (χ0v) is 18.4. The molecule has 1 N–H and O–H groups in total. The highest BCUT2D eigenvalue weighted by atomic mass is 16.2. The number of benzene rings is 1. The van der Waals surface area contributed by atoms with Crippen molar-refractivity contribution in [3.8, 4) is 0 Å². The van der Waals surface area contributed by atoms with Crippen molar-refractivity contribution in [2.75, 3.05) is 49.5 Å².